The van der Waals surface area contributed by atoms with Crippen molar-refractivity contribution < 1.29 is 9.90 Å². The van der Waals surface area contributed by atoms with E-state index < -0.39 is 5.97 Å². The first-order chi connectivity index (χ1) is 10.1. The summed E-state index contributed by atoms with van der Waals surface area (Å²) in [6.45, 7) is 4.15. The van der Waals surface area contributed by atoms with E-state index in [2.05, 4.69) is 28.2 Å². The minimum Gasteiger partial charge on any atom is -0.480 e. The van der Waals surface area contributed by atoms with E-state index in [0.29, 0.717) is 0 Å². The van der Waals surface area contributed by atoms with Gasteiger partial charge in [0.25, 0.3) is 0 Å². The molecule has 1 heterocycles. The number of hydrogen-bond donors (Lipinski definition) is 2. The number of nitrogens with one attached hydrogen (secondary N) is 1. The maximum Gasteiger partial charge on any atom is 0.322 e. The Bertz CT molecular complexity index is 528. The molecule has 0 spiro atoms. The van der Waals surface area contributed by atoms with E-state index in [1.165, 1.54) is 24.9 Å². The Balaban J connectivity index is 1.81. The molecular weight excluding hydrogens is 266 g/mol. The summed E-state index contributed by atoms with van der Waals surface area (Å²) < 4.78 is 0. The first kappa shape index (κ1) is 14.2. The van der Waals surface area contributed by atoms with Crippen LogP contribution in [0.1, 0.15) is 18.4 Å². The first-order valence-electron chi connectivity index (χ1n) is 7.64. The third-order valence-corrected chi connectivity index (χ3v) is 4.29. The lowest BCUT2D eigenvalue weighted by Gasteiger charge is -2.22. The molecule has 1 fully saturated rings. The Labute approximate surface area is 125 Å². The van der Waals surface area contributed by atoms with Crippen LogP contribution in [0.2, 0.25) is 0 Å². The van der Waals surface area contributed by atoms with Crippen molar-refractivity contribution >= 4 is 17.3 Å². The van der Waals surface area contributed by atoms with Gasteiger partial charge in [0.2, 0.25) is 0 Å². The van der Waals surface area contributed by atoms with Gasteiger partial charge in [-0.15, -0.1) is 0 Å². The Morgan fingerprint density at radius 3 is 2.90 bits per heavy atom. The van der Waals surface area contributed by atoms with E-state index in [0.717, 1.165) is 36.9 Å². The normalized spacial score (nSPS) is 19.0. The van der Waals surface area contributed by atoms with Crippen molar-refractivity contribution in [1.82, 2.24) is 4.90 Å². The Morgan fingerprint density at radius 2 is 2.19 bits per heavy atom. The van der Waals surface area contributed by atoms with E-state index in [1.807, 2.05) is 12.1 Å². The van der Waals surface area contributed by atoms with Crippen molar-refractivity contribution in [2.45, 2.75) is 19.4 Å². The molecule has 1 aromatic carbocycles. The largest absolute Gasteiger partial charge is 0.480 e. The number of nitrogens with zero attached hydrogens (tertiary/aromatic N) is 2. The number of carboxylic acids is 1. The summed E-state index contributed by atoms with van der Waals surface area (Å²) in [4.78, 5) is 15.6. The van der Waals surface area contributed by atoms with Gasteiger partial charge in [0, 0.05) is 33.2 Å². The van der Waals surface area contributed by atoms with Crippen molar-refractivity contribution in [3.8, 4) is 0 Å². The van der Waals surface area contributed by atoms with Gasteiger partial charge in [-0.25, -0.2) is 0 Å². The fraction of sp³-hybridized carbons (Fsp3) is 0.562. The number of likely N-dealkylation sites (N-methyl/N-ethyl adjacent to an activating group) is 1. The smallest absolute Gasteiger partial charge is 0.322 e. The highest BCUT2D eigenvalue weighted by Gasteiger charge is 2.27. The molecule has 5 nitrogen and oxygen atoms in total. The van der Waals surface area contributed by atoms with Crippen LogP contribution in [0.4, 0.5) is 11.4 Å². The minimum atomic E-state index is -0.834. The SMILES string of the molecule is CN1CCN(CC2CC2)Cc2cccc(NCC(=O)O)c21. The Hall–Kier alpha value is -1.75. The standard InChI is InChI=1S/C16H23N3O2/c1-18-7-8-19(10-12-5-6-12)11-13-3-2-4-14(16(13)18)17-9-15(20)21/h2-4,12,17H,5-11H2,1H3,(H,20,21). The van der Waals surface area contributed by atoms with Gasteiger partial charge in [0.1, 0.15) is 6.54 Å². The molecule has 0 radical (unpaired) electrons. The highest BCUT2D eigenvalue weighted by Crippen LogP contribution is 2.34. The molecule has 1 saturated carbocycles. The molecule has 0 saturated heterocycles. The van der Waals surface area contributed by atoms with Crippen molar-refractivity contribution in [2.24, 2.45) is 5.92 Å². The number of carboxylic acid groups (broad SMARTS) is 1. The molecule has 0 amide bonds. The zero-order valence-electron chi connectivity index (χ0n) is 12.5. The van der Waals surface area contributed by atoms with Crippen LogP contribution in [0.5, 0.6) is 0 Å². The molecule has 21 heavy (non-hydrogen) atoms. The van der Waals surface area contributed by atoms with E-state index >= 15 is 0 Å². The van der Waals surface area contributed by atoms with Crippen LogP contribution >= 0.6 is 0 Å². The van der Waals surface area contributed by atoms with Crippen LogP contribution in [0.3, 0.4) is 0 Å². The number of para-hydroxylation sites is 1. The predicted octanol–water partition coefficient (Wildman–Crippen LogP) is 1.84. The lowest BCUT2D eigenvalue weighted by atomic mass is 10.1. The fourth-order valence-electron chi connectivity index (χ4n) is 3.03. The third-order valence-electron chi connectivity index (χ3n) is 4.29. The fourth-order valence-corrected chi connectivity index (χ4v) is 3.03. The third kappa shape index (κ3) is 3.47. The summed E-state index contributed by atoms with van der Waals surface area (Å²) in [5.74, 6) is 0.0596. The Kier molecular flexibility index (Phi) is 4.01. The summed E-state index contributed by atoms with van der Waals surface area (Å²) in [5.41, 5.74) is 3.36. The zero-order chi connectivity index (χ0) is 14.8. The predicted molar refractivity (Wildman–Crippen MR) is 83.8 cm³/mol. The zero-order valence-corrected chi connectivity index (χ0v) is 12.5. The van der Waals surface area contributed by atoms with Crippen LogP contribution in [0, 0.1) is 5.92 Å². The molecule has 0 unspecified atom stereocenters. The molecule has 5 heteroatoms. The molecule has 2 N–H and O–H groups in total. The van der Waals surface area contributed by atoms with E-state index in [-0.39, 0.29) is 6.54 Å². The van der Waals surface area contributed by atoms with E-state index in [1.54, 1.807) is 0 Å². The monoisotopic (exact) mass is 289 g/mol. The topological polar surface area (TPSA) is 55.8 Å². The van der Waals surface area contributed by atoms with Gasteiger partial charge < -0.3 is 15.3 Å². The second kappa shape index (κ2) is 5.93. The van der Waals surface area contributed by atoms with Crippen molar-refractivity contribution in [1.29, 1.82) is 0 Å². The molecule has 2 aliphatic rings. The van der Waals surface area contributed by atoms with Gasteiger partial charge in [0.05, 0.1) is 11.4 Å². The molecular formula is C16H23N3O2. The minimum absolute atomic E-state index is 0.0456. The molecule has 1 aliphatic carbocycles. The molecule has 0 aromatic heterocycles. The Morgan fingerprint density at radius 1 is 1.38 bits per heavy atom. The van der Waals surface area contributed by atoms with E-state index in [9.17, 15) is 4.79 Å². The number of rotatable bonds is 5. The number of hydrogen-bond acceptors (Lipinski definition) is 4. The van der Waals surface area contributed by atoms with Gasteiger partial charge in [-0.05, 0) is 30.4 Å². The number of benzene rings is 1. The average Bonchev–Trinajstić information content (AvgIpc) is 3.26. The number of fused-ring (bicyclic) bond motifs is 1. The molecule has 3 rings (SSSR count). The van der Waals surface area contributed by atoms with Crippen molar-refractivity contribution in [3.63, 3.8) is 0 Å². The summed E-state index contributed by atoms with van der Waals surface area (Å²) in [5, 5.41) is 11.9. The second-order valence-electron chi connectivity index (χ2n) is 6.16. The van der Waals surface area contributed by atoms with Gasteiger partial charge in [0.15, 0.2) is 0 Å². The number of anilines is 2. The molecule has 0 bridgehead atoms. The van der Waals surface area contributed by atoms with Crippen LogP contribution in [-0.4, -0.2) is 49.2 Å². The maximum atomic E-state index is 10.8. The summed E-state index contributed by atoms with van der Waals surface area (Å²) in [7, 11) is 2.09. The van der Waals surface area contributed by atoms with Crippen molar-refractivity contribution in [2.75, 3.05) is 43.4 Å². The number of aliphatic carboxylic acids is 1. The summed E-state index contributed by atoms with van der Waals surface area (Å²) in [6.07, 6.45) is 2.75. The van der Waals surface area contributed by atoms with E-state index in [4.69, 9.17) is 5.11 Å². The quantitative estimate of drug-likeness (QED) is 0.866. The molecule has 114 valence electrons. The van der Waals surface area contributed by atoms with Crippen molar-refractivity contribution in [3.05, 3.63) is 23.8 Å². The molecule has 0 atom stereocenters. The number of carbonyl (C=O) groups is 1. The lowest BCUT2D eigenvalue weighted by molar-refractivity contribution is -0.134. The van der Waals surface area contributed by atoms with Gasteiger partial charge in [-0.2, -0.15) is 0 Å². The second-order valence-corrected chi connectivity index (χ2v) is 6.16. The van der Waals surface area contributed by atoms with Crippen LogP contribution in [-0.2, 0) is 11.3 Å². The van der Waals surface area contributed by atoms with Gasteiger partial charge in [-0.1, -0.05) is 12.1 Å². The van der Waals surface area contributed by atoms with Crippen LogP contribution in [0.15, 0.2) is 18.2 Å². The van der Waals surface area contributed by atoms with Gasteiger partial charge in [-0.3, -0.25) is 9.69 Å². The molecule has 1 aromatic rings. The van der Waals surface area contributed by atoms with Crippen LogP contribution < -0.4 is 10.2 Å². The highest BCUT2D eigenvalue weighted by molar-refractivity contribution is 5.79. The summed E-state index contributed by atoms with van der Waals surface area (Å²) in [6, 6.07) is 6.13. The average molecular weight is 289 g/mol. The lowest BCUT2D eigenvalue weighted by Crippen LogP contribution is -2.30. The molecule has 1 aliphatic heterocycles. The maximum absolute atomic E-state index is 10.8. The highest BCUT2D eigenvalue weighted by atomic mass is 16.4. The summed E-state index contributed by atoms with van der Waals surface area (Å²) >= 11 is 0. The van der Waals surface area contributed by atoms with Crippen LogP contribution in [0.25, 0.3) is 0 Å². The van der Waals surface area contributed by atoms with Gasteiger partial charge >= 0.3 is 5.97 Å². The first-order valence-corrected chi connectivity index (χ1v) is 7.64.